The molecule has 0 bridgehead atoms. The lowest BCUT2D eigenvalue weighted by molar-refractivity contribution is -0.139. The maximum absolute atomic E-state index is 12.0. The van der Waals surface area contributed by atoms with Crippen LogP contribution >= 0.6 is 0 Å². The Morgan fingerprint density at radius 2 is 1.86 bits per heavy atom. The van der Waals surface area contributed by atoms with E-state index in [0.717, 1.165) is 0 Å². The Morgan fingerprint density at radius 1 is 1.29 bits per heavy atom. The number of aliphatic carboxylic acids is 1. The lowest BCUT2D eigenvalue weighted by Crippen LogP contribution is -2.45. The Labute approximate surface area is 127 Å². The maximum atomic E-state index is 12.0. The molecular formula is C15H30N2O4. The van der Waals surface area contributed by atoms with E-state index in [-0.39, 0.29) is 24.8 Å². The second-order valence-electron chi connectivity index (χ2n) is 6.42. The first-order chi connectivity index (χ1) is 9.52. The van der Waals surface area contributed by atoms with Gasteiger partial charge in [0.05, 0.1) is 0 Å². The van der Waals surface area contributed by atoms with Crippen molar-refractivity contribution in [2.45, 2.75) is 72.1 Å². The third kappa shape index (κ3) is 8.02. The molecule has 0 aromatic rings. The molecule has 1 amide bonds. The summed E-state index contributed by atoms with van der Waals surface area (Å²) in [5.74, 6) is -0.913. The minimum absolute atomic E-state index is 0.0224. The lowest BCUT2D eigenvalue weighted by atomic mass is 9.88. The molecule has 0 saturated heterocycles. The molecule has 0 heterocycles. The van der Waals surface area contributed by atoms with Crippen LogP contribution in [0.1, 0.15) is 60.3 Å². The number of carbonyl (C=O) groups excluding carboxylic acids is 1. The Morgan fingerprint density at radius 3 is 2.29 bits per heavy atom. The second-order valence-corrected chi connectivity index (χ2v) is 6.42. The molecule has 0 aromatic carbocycles. The van der Waals surface area contributed by atoms with Gasteiger partial charge in [0.15, 0.2) is 0 Å². The van der Waals surface area contributed by atoms with E-state index < -0.39 is 17.1 Å². The number of amides is 1. The van der Waals surface area contributed by atoms with Crippen LogP contribution in [0.5, 0.6) is 0 Å². The van der Waals surface area contributed by atoms with Crippen LogP contribution in [0.3, 0.4) is 0 Å². The number of carboxylic acids is 1. The lowest BCUT2D eigenvalue weighted by Gasteiger charge is -2.31. The molecule has 6 heteroatoms. The predicted octanol–water partition coefficient (Wildman–Crippen LogP) is 1.87. The normalized spacial score (nSPS) is 14.8. The molecule has 0 radical (unpaired) electrons. The first-order valence-electron chi connectivity index (χ1n) is 7.48. The standard InChI is InChI=1S/C15H30N2O4/c1-6-15(16,8-7-12(18)19)21-10-9-14(4,5)13(20)17-11(2)3/h11H,6-10,16H2,1-5H3,(H,17,20)(H,18,19). The second kappa shape index (κ2) is 8.34. The summed E-state index contributed by atoms with van der Waals surface area (Å²) in [7, 11) is 0. The zero-order valence-electron chi connectivity index (χ0n) is 13.9. The Bertz CT molecular complexity index is 356. The number of rotatable bonds is 10. The van der Waals surface area contributed by atoms with E-state index >= 15 is 0 Å². The van der Waals surface area contributed by atoms with Gasteiger partial charge in [0, 0.05) is 30.9 Å². The van der Waals surface area contributed by atoms with Gasteiger partial charge in [-0.05, 0) is 26.7 Å². The van der Waals surface area contributed by atoms with Crippen molar-refractivity contribution in [2.75, 3.05) is 6.61 Å². The molecule has 1 atom stereocenters. The van der Waals surface area contributed by atoms with Gasteiger partial charge in [-0.15, -0.1) is 0 Å². The Balaban J connectivity index is 4.36. The highest BCUT2D eigenvalue weighted by Crippen LogP contribution is 2.23. The van der Waals surface area contributed by atoms with Crippen LogP contribution in [-0.2, 0) is 14.3 Å². The van der Waals surface area contributed by atoms with E-state index in [1.807, 2.05) is 34.6 Å². The van der Waals surface area contributed by atoms with Gasteiger partial charge in [-0.25, -0.2) is 0 Å². The molecule has 0 aromatic heterocycles. The van der Waals surface area contributed by atoms with Crippen LogP contribution in [-0.4, -0.2) is 35.4 Å². The quantitative estimate of drug-likeness (QED) is 0.535. The fourth-order valence-corrected chi connectivity index (χ4v) is 1.75. The zero-order chi connectivity index (χ0) is 16.7. The van der Waals surface area contributed by atoms with Crippen molar-refractivity contribution >= 4 is 11.9 Å². The average Bonchev–Trinajstić information content (AvgIpc) is 2.35. The van der Waals surface area contributed by atoms with E-state index in [4.69, 9.17) is 15.6 Å². The smallest absolute Gasteiger partial charge is 0.303 e. The van der Waals surface area contributed by atoms with Crippen LogP contribution in [0.25, 0.3) is 0 Å². The van der Waals surface area contributed by atoms with E-state index in [1.54, 1.807) is 0 Å². The molecule has 0 aliphatic rings. The van der Waals surface area contributed by atoms with E-state index in [0.29, 0.717) is 19.4 Å². The number of carboxylic acid groups (broad SMARTS) is 1. The summed E-state index contributed by atoms with van der Waals surface area (Å²) < 4.78 is 5.65. The molecular weight excluding hydrogens is 272 g/mol. The summed E-state index contributed by atoms with van der Waals surface area (Å²) in [6.45, 7) is 9.72. The van der Waals surface area contributed by atoms with Crippen LogP contribution in [0, 0.1) is 5.41 Å². The maximum Gasteiger partial charge on any atom is 0.303 e. The van der Waals surface area contributed by atoms with Crippen molar-refractivity contribution < 1.29 is 19.4 Å². The van der Waals surface area contributed by atoms with E-state index in [2.05, 4.69) is 5.32 Å². The Kier molecular flexibility index (Phi) is 7.89. The summed E-state index contributed by atoms with van der Waals surface area (Å²) in [6, 6.07) is 0.0949. The highest BCUT2D eigenvalue weighted by atomic mass is 16.5. The SMILES string of the molecule is CCC(N)(CCC(=O)O)OCCC(C)(C)C(=O)NC(C)C. The van der Waals surface area contributed by atoms with Crippen molar-refractivity contribution in [1.82, 2.24) is 5.32 Å². The summed E-state index contributed by atoms with van der Waals surface area (Å²) in [5.41, 5.74) is 4.55. The monoisotopic (exact) mass is 302 g/mol. The largest absolute Gasteiger partial charge is 0.481 e. The fraction of sp³-hybridized carbons (Fsp3) is 0.867. The van der Waals surface area contributed by atoms with Crippen molar-refractivity contribution in [3.05, 3.63) is 0 Å². The van der Waals surface area contributed by atoms with Gasteiger partial charge in [-0.2, -0.15) is 0 Å². The molecule has 0 aliphatic heterocycles. The topological polar surface area (TPSA) is 102 Å². The van der Waals surface area contributed by atoms with Crippen LogP contribution in [0.15, 0.2) is 0 Å². The van der Waals surface area contributed by atoms with Crippen molar-refractivity contribution in [3.8, 4) is 0 Å². The highest BCUT2D eigenvalue weighted by Gasteiger charge is 2.30. The van der Waals surface area contributed by atoms with E-state index in [1.165, 1.54) is 0 Å². The molecule has 124 valence electrons. The summed E-state index contributed by atoms with van der Waals surface area (Å²) in [5, 5.41) is 11.6. The van der Waals surface area contributed by atoms with Gasteiger partial charge in [0.1, 0.15) is 5.72 Å². The van der Waals surface area contributed by atoms with Crippen LogP contribution < -0.4 is 11.1 Å². The molecule has 0 fully saturated rings. The van der Waals surface area contributed by atoms with Gasteiger partial charge >= 0.3 is 5.97 Å². The fourth-order valence-electron chi connectivity index (χ4n) is 1.75. The average molecular weight is 302 g/mol. The van der Waals surface area contributed by atoms with Crippen molar-refractivity contribution in [3.63, 3.8) is 0 Å². The number of hydrogen-bond donors (Lipinski definition) is 3. The number of carbonyl (C=O) groups is 2. The minimum atomic E-state index is -0.941. The molecule has 21 heavy (non-hydrogen) atoms. The molecule has 0 saturated carbocycles. The van der Waals surface area contributed by atoms with E-state index in [9.17, 15) is 9.59 Å². The van der Waals surface area contributed by atoms with Gasteiger partial charge in [-0.1, -0.05) is 20.8 Å². The molecule has 6 nitrogen and oxygen atoms in total. The molecule has 1 unspecified atom stereocenters. The van der Waals surface area contributed by atoms with Crippen molar-refractivity contribution in [2.24, 2.45) is 11.1 Å². The van der Waals surface area contributed by atoms with Gasteiger partial charge < -0.3 is 20.9 Å². The molecule has 4 N–H and O–H groups in total. The van der Waals surface area contributed by atoms with Gasteiger partial charge in [-0.3, -0.25) is 9.59 Å². The van der Waals surface area contributed by atoms with Crippen LogP contribution in [0.2, 0.25) is 0 Å². The number of nitrogens with two attached hydrogens (primary N) is 1. The van der Waals surface area contributed by atoms with Crippen LogP contribution in [0.4, 0.5) is 0 Å². The predicted molar refractivity (Wildman–Crippen MR) is 81.7 cm³/mol. The first-order valence-corrected chi connectivity index (χ1v) is 7.48. The summed E-state index contributed by atoms with van der Waals surface area (Å²) in [6.07, 6.45) is 1.29. The third-order valence-electron chi connectivity index (χ3n) is 3.51. The Hall–Kier alpha value is -1.14. The third-order valence-corrected chi connectivity index (χ3v) is 3.51. The molecule has 0 rings (SSSR count). The summed E-state index contributed by atoms with van der Waals surface area (Å²) in [4.78, 5) is 22.7. The van der Waals surface area contributed by atoms with Gasteiger partial charge in [0.2, 0.25) is 5.91 Å². The molecule has 0 spiro atoms. The first kappa shape index (κ1) is 19.9. The zero-order valence-corrected chi connectivity index (χ0v) is 13.9. The molecule has 0 aliphatic carbocycles. The van der Waals surface area contributed by atoms with Gasteiger partial charge in [0.25, 0.3) is 0 Å². The minimum Gasteiger partial charge on any atom is -0.481 e. The van der Waals surface area contributed by atoms with Crippen molar-refractivity contribution in [1.29, 1.82) is 0 Å². The summed E-state index contributed by atoms with van der Waals surface area (Å²) >= 11 is 0. The number of nitrogens with one attached hydrogen (secondary N) is 1. The highest BCUT2D eigenvalue weighted by molar-refractivity contribution is 5.81. The number of hydrogen-bond acceptors (Lipinski definition) is 4. The number of ether oxygens (including phenoxy) is 1.